The van der Waals surface area contributed by atoms with E-state index in [1.165, 1.54) is 13.0 Å². The fourth-order valence-corrected chi connectivity index (χ4v) is 2.40. The van der Waals surface area contributed by atoms with E-state index in [2.05, 4.69) is 9.71 Å². The smallest absolute Gasteiger partial charge is 0.286 e. The lowest BCUT2D eigenvalue weighted by Gasteiger charge is -2.15. The zero-order chi connectivity index (χ0) is 10.3. The van der Waals surface area contributed by atoms with Gasteiger partial charge in [0, 0.05) is 0 Å². The molecular weight excluding hydrogens is 207 g/mol. The Morgan fingerprint density at radius 3 is 2.86 bits per heavy atom. The zero-order valence-corrected chi connectivity index (χ0v) is 8.10. The van der Waals surface area contributed by atoms with Crippen LogP contribution in [0.3, 0.4) is 0 Å². The average molecular weight is 214 g/mol. The first-order valence-corrected chi connectivity index (χ1v) is 5.31. The Bertz CT molecular complexity index is 522. The molecule has 0 saturated carbocycles. The molecule has 1 aliphatic heterocycles. The Morgan fingerprint density at radius 2 is 2.14 bits per heavy atom. The number of hydrogen-bond donors (Lipinski definition) is 1. The summed E-state index contributed by atoms with van der Waals surface area (Å²) >= 11 is 0. The van der Waals surface area contributed by atoms with Crippen LogP contribution in [-0.4, -0.2) is 14.3 Å². The molecule has 1 aliphatic rings. The van der Waals surface area contributed by atoms with Gasteiger partial charge in [0.1, 0.15) is 16.5 Å². The maximum absolute atomic E-state index is 12.8. The van der Waals surface area contributed by atoms with Crippen molar-refractivity contribution in [1.82, 2.24) is 0 Å². The Hall–Kier alpha value is -1.43. The van der Waals surface area contributed by atoms with Crippen molar-refractivity contribution in [3.63, 3.8) is 0 Å². The highest BCUT2D eigenvalue weighted by Crippen LogP contribution is 2.27. The Labute approximate surface area is 80.5 Å². The molecule has 0 saturated heterocycles. The lowest BCUT2D eigenvalue weighted by Crippen LogP contribution is -2.18. The zero-order valence-electron chi connectivity index (χ0n) is 7.28. The molecule has 0 bridgehead atoms. The third kappa shape index (κ3) is 1.37. The first-order chi connectivity index (χ1) is 6.49. The van der Waals surface area contributed by atoms with Crippen LogP contribution in [0.1, 0.15) is 6.92 Å². The molecule has 14 heavy (non-hydrogen) atoms. The van der Waals surface area contributed by atoms with Crippen LogP contribution in [0.15, 0.2) is 27.5 Å². The monoisotopic (exact) mass is 214 g/mol. The third-order valence-electron chi connectivity index (χ3n) is 1.79. The minimum Gasteiger partial charge on any atom is -0.342 e. The quantitative estimate of drug-likeness (QED) is 0.709. The topological polar surface area (TPSA) is 58.5 Å². The minimum absolute atomic E-state index is 0.00417. The number of nitrogens with zero attached hydrogens (tertiary/aromatic N) is 1. The van der Waals surface area contributed by atoms with E-state index in [1.54, 1.807) is 0 Å². The fourth-order valence-electron chi connectivity index (χ4n) is 1.27. The summed E-state index contributed by atoms with van der Waals surface area (Å²) in [6.45, 7) is 1.51. The summed E-state index contributed by atoms with van der Waals surface area (Å²) in [7, 11) is -3.65. The summed E-state index contributed by atoms with van der Waals surface area (Å²) in [5.74, 6) is -0.246. The first kappa shape index (κ1) is 9.14. The van der Waals surface area contributed by atoms with E-state index in [9.17, 15) is 12.8 Å². The molecular formula is C8H7FN2O2S. The summed E-state index contributed by atoms with van der Waals surface area (Å²) in [6, 6.07) is 3.42. The molecule has 1 heterocycles. The van der Waals surface area contributed by atoms with Crippen LogP contribution in [0.2, 0.25) is 0 Å². The maximum atomic E-state index is 12.8. The van der Waals surface area contributed by atoms with Crippen LogP contribution < -0.4 is 5.32 Å². The van der Waals surface area contributed by atoms with Crippen LogP contribution in [0, 0.1) is 5.82 Å². The van der Waals surface area contributed by atoms with Crippen molar-refractivity contribution in [3.05, 3.63) is 24.0 Å². The van der Waals surface area contributed by atoms with Gasteiger partial charge in [-0.2, -0.15) is 8.42 Å². The van der Waals surface area contributed by atoms with Crippen molar-refractivity contribution >= 4 is 21.5 Å². The predicted molar refractivity (Wildman–Crippen MR) is 50.3 cm³/mol. The van der Waals surface area contributed by atoms with Crippen molar-refractivity contribution in [1.29, 1.82) is 0 Å². The second kappa shape index (κ2) is 2.78. The minimum atomic E-state index is -3.65. The molecule has 0 radical (unpaired) electrons. The first-order valence-electron chi connectivity index (χ1n) is 3.87. The van der Waals surface area contributed by atoms with Gasteiger partial charge in [-0.3, -0.25) is 0 Å². The number of halogens is 1. The summed E-state index contributed by atoms with van der Waals surface area (Å²) in [5.41, 5.74) is 0.234. The van der Waals surface area contributed by atoms with E-state index in [1.807, 2.05) is 0 Å². The average Bonchev–Trinajstić information content (AvgIpc) is 2.00. The van der Waals surface area contributed by atoms with E-state index >= 15 is 0 Å². The van der Waals surface area contributed by atoms with Crippen molar-refractivity contribution in [2.45, 2.75) is 11.8 Å². The molecule has 1 N–H and O–H groups in total. The van der Waals surface area contributed by atoms with Crippen molar-refractivity contribution < 1.29 is 12.8 Å². The van der Waals surface area contributed by atoms with Gasteiger partial charge >= 0.3 is 0 Å². The third-order valence-corrected chi connectivity index (χ3v) is 3.22. The van der Waals surface area contributed by atoms with E-state index in [4.69, 9.17) is 0 Å². The molecule has 1 aromatic carbocycles. The van der Waals surface area contributed by atoms with Gasteiger partial charge in [0.25, 0.3) is 10.0 Å². The van der Waals surface area contributed by atoms with E-state index in [-0.39, 0.29) is 16.4 Å². The molecule has 1 aromatic rings. The largest absolute Gasteiger partial charge is 0.342 e. The van der Waals surface area contributed by atoms with Crippen LogP contribution in [-0.2, 0) is 10.0 Å². The van der Waals surface area contributed by atoms with Gasteiger partial charge < -0.3 is 5.32 Å². The van der Waals surface area contributed by atoms with Crippen molar-refractivity contribution in [2.75, 3.05) is 5.32 Å². The second-order valence-corrected chi connectivity index (χ2v) is 4.49. The van der Waals surface area contributed by atoms with E-state index < -0.39 is 15.8 Å². The SMILES string of the molecule is CC1=NS(=O)(=O)c2ccc(F)cc2N1. The van der Waals surface area contributed by atoms with Gasteiger partial charge in [0.2, 0.25) is 0 Å². The van der Waals surface area contributed by atoms with Gasteiger partial charge in [-0.1, -0.05) is 0 Å². The molecule has 0 fully saturated rings. The highest BCUT2D eigenvalue weighted by atomic mass is 32.2. The number of fused-ring (bicyclic) bond motifs is 1. The molecule has 0 atom stereocenters. The summed E-state index contributed by atoms with van der Waals surface area (Å²) in [5, 5.41) is 2.69. The van der Waals surface area contributed by atoms with Gasteiger partial charge in [0.15, 0.2) is 0 Å². The lowest BCUT2D eigenvalue weighted by atomic mass is 10.3. The van der Waals surface area contributed by atoms with E-state index in [0.717, 1.165) is 12.1 Å². The van der Waals surface area contributed by atoms with Gasteiger partial charge in [0.05, 0.1) is 5.69 Å². The van der Waals surface area contributed by atoms with E-state index in [0.29, 0.717) is 0 Å². The molecule has 0 spiro atoms. The molecule has 0 aliphatic carbocycles. The van der Waals surface area contributed by atoms with Crippen molar-refractivity contribution in [2.24, 2.45) is 4.40 Å². The molecule has 6 heteroatoms. The Morgan fingerprint density at radius 1 is 1.43 bits per heavy atom. The highest BCUT2D eigenvalue weighted by Gasteiger charge is 2.23. The number of benzene rings is 1. The van der Waals surface area contributed by atoms with Crippen LogP contribution in [0.25, 0.3) is 0 Å². The lowest BCUT2D eigenvalue weighted by molar-refractivity contribution is 0.596. The summed E-state index contributed by atoms with van der Waals surface area (Å²) in [4.78, 5) is 0.00417. The molecule has 74 valence electrons. The van der Waals surface area contributed by atoms with Gasteiger partial charge in [-0.05, 0) is 25.1 Å². The number of rotatable bonds is 0. The normalized spacial score (nSPS) is 18.0. The second-order valence-electron chi connectivity index (χ2n) is 2.92. The van der Waals surface area contributed by atoms with Crippen LogP contribution >= 0.6 is 0 Å². The van der Waals surface area contributed by atoms with Crippen LogP contribution in [0.4, 0.5) is 10.1 Å². The van der Waals surface area contributed by atoms with Crippen molar-refractivity contribution in [3.8, 4) is 0 Å². The summed E-state index contributed by atoms with van der Waals surface area (Å²) in [6.07, 6.45) is 0. The highest BCUT2D eigenvalue weighted by molar-refractivity contribution is 7.90. The Kier molecular flexibility index (Phi) is 1.81. The number of anilines is 1. The molecule has 2 rings (SSSR count). The maximum Gasteiger partial charge on any atom is 0.286 e. The fraction of sp³-hybridized carbons (Fsp3) is 0.125. The number of nitrogens with one attached hydrogen (secondary N) is 1. The molecule has 0 amide bonds. The van der Waals surface area contributed by atoms with Gasteiger partial charge in [-0.15, -0.1) is 4.40 Å². The van der Waals surface area contributed by atoms with Crippen LogP contribution in [0.5, 0.6) is 0 Å². The predicted octanol–water partition coefficient (Wildman–Crippen LogP) is 1.36. The molecule has 0 aromatic heterocycles. The standard InChI is InChI=1S/C8H7FN2O2S/c1-5-10-7-4-6(9)2-3-8(7)14(12,13)11-5/h2-4H,1H3,(H,10,11). The van der Waals surface area contributed by atoms with Gasteiger partial charge in [-0.25, -0.2) is 4.39 Å². The molecule has 0 unspecified atom stereocenters. The number of sulfonamides is 1. The number of amidine groups is 1. The Balaban J connectivity index is 2.71. The number of hydrogen-bond acceptors (Lipinski definition) is 3. The molecule has 4 nitrogen and oxygen atoms in total. The summed E-state index contributed by atoms with van der Waals surface area (Å²) < 4.78 is 39.1.